The van der Waals surface area contributed by atoms with E-state index >= 15 is 0 Å². The minimum absolute atomic E-state index is 0.206. The van der Waals surface area contributed by atoms with Crippen LogP contribution in [-0.2, 0) is 0 Å². The van der Waals surface area contributed by atoms with E-state index in [1.165, 1.54) is 0 Å². The van der Waals surface area contributed by atoms with Crippen LogP contribution in [0.25, 0.3) is 22.2 Å². The van der Waals surface area contributed by atoms with Crippen molar-refractivity contribution >= 4 is 34.1 Å². The number of amides is 1. The van der Waals surface area contributed by atoms with Crippen molar-refractivity contribution in [2.24, 2.45) is 0 Å². The maximum absolute atomic E-state index is 13.1. The molecule has 0 aliphatic carbocycles. The SMILES string of the molecule is COc1cccc(NC(=O)c2cc(-c3ccc(Cl)cc3)nc3ccccc23)c1. The molecule has 0 saturated heterocycles. The molecular formula is C23H17ClN2O2. The van der Waals surface area contributed by atoms with Gasteiger partial charge >= 0.3 is 0 Å². The summed E-state index contributed by atoms with van der Waals surface area (Å²) in [7, 11) is 1.59. The minimum atomic E-state index is -0.206. The number of hydrogen-bond acceptors (Lipinski definition) is 3. The highest BCUT2D eigenvalue weighted by molar-refractivity contribution is 6.30. The summed E-state index contributed by atoms with van der Waals surface area (Å²) in [6.07, 6.45) is 0. The van der Waals surface area contributed by atoms with E-state index in [0.717, 1.165) is 16.5 Å². The van der Waals surface area contributed by atoms with E-state index in [4.69, 9.17) is 21.3 Å². The Morgan fingerprint density at radius 1 is 0.964 bits per heavy atom. The Bertz CT molecular complexity index is 1160. The molecule has 0 unspecified atom stereocenters. The van der Waals surface area contributed by atoms with Gasteiger partial charge in [-0.05, 0) is 36.4 Å². The number of carbonyl (C=O) groups excluding carboxylic acids is 1. The highest BCUT2D eigenvalue weighted by atomic mass is 35.5. The summed E-state index contributed by atoms with van der Waals surface area (Å²) in [5, 5.41) is 4.39. The Morgan fingerprint density at radius 2 is 1.75 bits per heavy atom. The number of methoxy groups -OCH3 is 1. The van der Waals surface area contributed by atoms with Gasteiger partial charge in [-0.3, -0.25) is 4.79 Å². The monoisotopic (exact) mass is 388 g/mol. The molecule has 0 aliphatic heterocycles. The topological polar surface area (TPSA) is 51.2 Å². The Morgan fingerprint density at radius 3 is 2.54 bits per heavy atom. The number of pyridine rings is 1. The van der Waals surface area contributed by atoms with E-state index in [9.17, 15) is 4.79 Å². The highest BCUT2D eigenvalue weighted by Crippen LogP contribution is 2.27. The number of halogens is 1. The molecule has 0 bridgehead atoms. The van der Waals surface area contributed by atoms with Crippen LogP contribution in [0.1, 0.15) is 10.4 Å². The quantitative estimate of drug-likeness (QED) is 0.479. The molecular weight excluding hydrogens is 372 g/mol. The Labute approximate surface area is 167 Å². The summed E-state index contributed by atoms with van der Waals surface area (Å²) in [6.45, 7) is 0. The van der Waals surface area contributed by atoms with Gasteiger partial charge in [0.15, 0.2) is 0 Å². The molecule has 5 heteroatoms. The van der Waals surface area contributed by atoms with Crippen LogP contribution >= 0.6 is 11.6 Å². The van der Waals surface area contributed by atoms with Crippen molar-refractivity contribution in [1.82, 2.24) is 4.98 Å². The van der Waals surface area contributed by atoms with Gasteiger partial charge in [-0.25, -0.2) is 4.98 Å². The first kappa shape index (κ1) is 18.0. The van der Waals surface area contributed by atoms with Gasteiger partial charge in [0.05, 0.1) is 23.9 Å². The second-order valence-electron chi connectivity index (χ2n) is 6.27. The lowest BCUT2D eigenvalue weighted by Crippen LogP contribution is -2.13. The standard InChI is InChI=1S/C23H17ClN2O2/c1-28-18-6-4-5-17(13-18)25-23(27)20-14-22(15-9-11-16(24)12-10-15)26-21-8-3-2-7-19(20)21/h2-14H,1H3,(H,25,27). The van der Waals surface area contributed by atoms with Crippen molar-refractivity contribution in [2.45, 2.75) is 0 Å². The number of anilines is 1. The van der Waals surface area contributed by atoms with E-state index in [-0.39, 0.29) is 5.91 Å². The summed E-state index contributed by atoms with van der Waals surface area (Å²) in [5.74, 6) is 0.473. The summed E-state index contributed by atoms with van der Waals surface area (Å²) in [6, 6.07) is 24.1. The smallest absolute Gasteiger partial charge is 0.256 e. The molecule has 0 radical (unpaired) electrons. The fourth-order valence-electron chi connectivity index (χ4n) is 3.03. The summed E-state index contributed by atoms with van der Waals surface area (Å²) < 4.78 is 5.23. The summed E-state index contributed by atoms with van der Waals surface area (Å²) in [5.41, 5.74) is 3.58. The van der Waals surface area contributed by atoms with Crippen molar-refractivity contribution in [3.63, 3.8) is 0 Å². The van der Waals surface area contributed by atoms with Crippen molar-refractivity contribution in [1.29, 1.82) is 0 Å². The van der Waals surface area contributed by atoms with E-state index in [2.05, 4.69) is 5.32 Å². The Balaban J connectivity index is 1.78. The third kappa shape index (κ3) is 3.68. The molecule has 1 N–H and O–H groups in total. The second kappa shape index (κ2) is 7.71. The zero-order valence-electron chi connectivity index (χ0n) is 15.1. The molecule has 0 aliphatic rings. The van der Waals surface area contributed by atoms with Crippen LogP contribution in [-0.4, -0.2) is 18.0 Å². The number of hydrogen-bond donors (Lipinski definition) is 1. The predicted molar refractivity (Wildman–Crippen MR) is 113 cm³/mol. The number of nitrogens with one attached hydrogen (secondary N) is 1. The molecule has 3 aromatic carbocycles. The third-order valence-electron chi connectivity index (χ3n) is 4.43. The maximum Gasteiger partial charge on any atom is 0.256 e. The molecule has 4 nitrogen and oxygen atoms in total. The summed E-state index contributed by atoms with van der Waals surface area (Å²) in [4.78, 5) is 17.8. The first-order valence-electron chi connectivity index (χ1n) is 8.75. The first-order valence-corrected chi connectivity index (χ1v) is 9.13. The lowest BCUT2D eigenvalue weighted by Gasteiger charge is -2.11. The van der Waals surface area contributed by atoms with Gasteiger partial charge in [-0.2, -0.15) is 0 Å². The van der Waals surface area contributed by atoms with Crippen molar-refractivity contribution in [2.75, 3.05) is 12.4 Å². The number of aromatic nitrogens is 1. The van der Waals surface area contributed by atoms with Crippen molar-refractivity contribution in [3.8, 4) is 17.0 Å². The van der Waals surface area contributed by atoms with Crippen LogP contribution in [0.4, 0.5) is 5.69 Å². The van der Waals surface area contributed by atoms with Crippen LogP contribution in [0.3, 0.4) is 0 Å². The zero-order valence-corrected chi connectivity index (χ0v) is 15.9. The normalized spacial score (nSPS) is 10.6. The molecule has 1 amide bonds. The molecule has 1 aromatic heterocycles. The second-order valence-corrected chi connectivity index (χ2v) is 6.70. The van der Waals surface area contributed by atoms with E-state index < -0.39 is 0 Å². The molecule has 0 spiro atoms. The molecule has 4 rings (SSSR count). The lowest BCUT2D eigenvalue weighted by atomic mass is 10.0. The zero-order chi connectivity index (χ0) is 19.5. The average Bonchev–Trinajstić information content (AvgIpc) is 2.73. The number of para-hydroxylation sites is 1. The van der Waals surface area contributed by atoms with Crippen LogP contribution in [0, 0.1) is 0 Å². The molecule has 28 heavy (non-hydrogen) atoms. The molecule has 138 valence electrons. The molecule has 0 saturated carbocycles. The molecule has 4 aromatic rings. The van der Waals surface area contributed by atoms with E-state index in [1.54, 1.807) is 19.2 Å². The van der Waals surface area contributed by atoms with Gasteiger partial charge in [0.1, 0.15) is 5.75 Å². The van der Waals surface area contributed by atoms with Crippen molar-refractivity contribution < 1.29 is 9.53 Å². The molecule has 1 heterocycles. The number of benzene rings is 3. The highest BCUT2D eigenvalue weighted by Gasteiger charge is 2.14. The summed E-state index contributed by atoms with van der Waals surface area (Å²) >= 11 is 6.00. The van der Waals surface area contributed by atoms with Crippen LogP contribution < -0.4 is 10.1 Å². The average molecular weight is 389 g/mol. The van der Waals surface area contributed by atoms with Crippen molar-refractivity contribution in [3.05, 3.63) is 89.4 Å². The van der Waals surface area contributed by atoms with Gasteiger partial charge in [-0.1, -0.05) is 48.0 Å². The molecule has 0 atom stereocenters. The first-order chi connectivity index (χ1) is 13.6. The number of ether oxygens (including phenoxy) is 1. The number of nitrogens with zero attached hydrogens (tertiary/aromatic N) is 1. The minimum Gasteiger partial charge on any atom is -0.497 e. The third-order valence-corrected chi connectivity index (χ3v) is 4.68. The van der Waals surface area contributed by atoms with E-state index in [1.807, 2.05) is 66.7 Å². The van der Waals surface area contributed by atoms with Crippen LogP contribution in [0.2, 0.25) is 5.02 Å². The van der Waals surface area contributed by atoms with E-state index in [0.29, 0.717) is 27.7 Å². The Kier molecular flexibility index (Phi) is 4.96. The van der Waals surface area contributed by atoms with Gasteiger partial charge < -0.3 is 10.1 Å². The van der Waals surface area contributed by atoms with Crippen LogP contribution in [0.15, 0.2) is 78.9 Å². The van der Waals surface area contributed by atoms with Gasteiger partial charge in [0.25, 0.3) is 5.91 Å². The van der Waals surface area contributed by atoms with Gasteiger partial charge in [0, 0.05) is 27.7 Å². The largest absolute Gasteiger partial charge is 0.497 e. The molecule has 0 fully saturated rings. The van der Waals surface area contributed by atoms with Gasteiger partial charge in [-0.15, -0.1) is 0 Å². The fourth-order valence-corrected chi connectivity index (χ4v) is 3.16. The Hall–Kier alpha value is -3.37. The van der Waals surface area contributed by atoms with Crippen LogP contribution in [0.5, 0.6) is 5.75 Å². The number of carbonyl (C=O) groups is 1. The predicted octanol–water partition coefficient (Wildman–Crippen LogP) is 5.82. The number of fused-ring (bicyclic) bond motifs is 1. The maximum atomic E-state index is 13.1. The lowest BCUT2D eigenvalue weighted by molar-refractivity contribution is 0.102. The fraction of sp³-hybridized carbons (Fsp3) is 0.0435. The van der Waals surface area contributed by atoms with Gasteiger partial charge in [0.2, 0.25) is 0 Å². The number of rotatable bonds is 4.